The molecule has 0 spiro atoms. The fourth-order valence-corrected chi connectivity index (χ4v) is 8.99. The second-order valence-electron chi connectivity index (χ2n) is 12.3. The summed E-state index contributed by atoms with van der Waals surface area (Å²) in [7, 11) is -3.95. The van der Waals surface area contributed by atoms with E-state index in [4.69, 9.17) is 22.1 Å². The van der Waals surface area contributed by atoms with Gasteiger partial charge in [0.25, 0.3) is 0 Å². The van der Waals surface area contributed by atoms with Gasteiger partial charge in [-0.2, -0.15) is 4.31 Å². The van der Waals surface area contributed by atoms with Gasteiger partial charge in [-0.05, 0) is 68.0 Å². The van der Waals surface area contributed by atoms with Crippen molar-refractivity contribution in [2.75, 3.05) is 39.3 Å². The van der Waals surface area contributed by atoms with Crippen molar-refractivity contribution in [2.24, 2.45) is 11.7 Å². The van der Waals surface area contributed by atoms with E-state index in [1.807, 2.05) is 24.3 Å². The van der Waals surface area contributed by atoms with Crippen molar-refractivity contribution in [1.82, 2.24) is 24.3 Å². The molecule has 3 aliphatic rings. The number of piperidine rings is 1. The lowest BCUT2D eigenvalue weighted by Gasteiger charge is -2.42. The number of halogens is 1. The molecule has 1 unspecified atom stereocenters. The summed E-state index contributed by atoms with van der Waals surface area (Å²) in [6.07, 6.45) is 7.55. The Labute approximate surface area is 274 Å². The predicted octanol–water partition coefficient (Wildman–Crippen LogP) is 4.64. The number of rotatable bonds is 9. The minimum atomic E-state index is -3.95. The molecule has 2 saturated heterocycles. The van der Waals surface area contributed by atoms with Gasteiger partial charge in [0.1, 0.15) is 21.8 Å². The Balaban J connectivity index is 1.17. The van der Waals surface area contributed by atoms with Gasteiger partial charge in [-0.25, -0.2) is 8.42 Å². The summed E-state index contributed by atoms with van der Waals surface area (Å²) in [5.74, 6) is 1.04. The molecule has 3 fully saturated rings. The van der Waals surface area contributed by atoms with Gasteiger partial charge in [0.05, 0.1) is 18.0 Å². The number of piperazine rings is 1. The van der Waals surface area contributed by atoms with E-state index in [0.717, 1.165) is 15.6 Å². The molecule has 3 heterocycles. The average Bonchev–Trinajstić information content (AvgIpc) is 3.53. The van der Waals surface area contributed by atoms with Crippen LogP contribution in [0.15, 0.2) is 53.4 Å². The Hall–Kier alpha value is -2.61. The van der Waals surface area contributed by atoms with Crippen molar-refractivity contribution >= 4 is 38.9 Å². The van der Waals surface area contributed by atoms with Crippen molar-refractivity contribution in [1.29, 1.82) is 0 Å². The zero-order chi connectivity index (χ0) is 31.4. The van der Waals surface area contributed by atoms with Crippen molar-refractivity contribution in [3.8, 4) is 16.3 Å². The summed E-state index contributed by atoms with van der Waals surface area (Å²) in [5.41, 5.74) is 7.03. The summed E-state index contributed by atoms with van der Waals surface area (Å²) in [5, 5.41) is 11.0. The maximum absolute atomic E-state index is 14.0. The van der Waals surface area contributed by atoms with E-state index in [0.29, 0.717) is 62.3 Å². The van der Waals surface area contributed by atoms with Crippen LogP contribution in [-0.2, 0) is 21.4 Å². The topological polar surface area (TPSA) is 122 Å². The molecule has 13 heteroatoms. The van der Waals surface area contributed by atoms with Gasteiger partial charge in [-0.1, -0.05) is 54.3 Å². The molecule has 1 aliphatic carbocycles. The van der Waals surface area contributed by atoms with Crippen molar-refractivity contribution in [2.45, 2.75) is 68.5 Å². The fourth-order valence-electron chi connectivity index (χ4n) is 6.41. The third kappa shape index (κ3) is 7.86. The highest BCUT2D eigenvalue weighted by molar-refractivity contribution is 7.89. The first kappa shape index (κ1) is 32.3. The van der Waals surface area contributed by atoms with Crippen LogP contribution in [0.1, 0.15) is 50.0 Å². The van der Waals surface area contributed by atoms with Crippen LogP contribution in [0.4, 0.5) is 0 Å². The van der Waals surface area contributed by atoms with E-state index in [1.165, 1.54) is 47.7 Å². The summed E-state index contributed by atoms with van der Waals surface area (Å²) in [6, 6.07) is 13.3. The summed E-state index contributed by atoms with van der Waals surface area (Å²) >= 11 is 7.52. The van der Waals surface area contributed by atoms with Gasteiger partial charge in [0, 0.05) is 49.4 Å². The maximum atomic E-state index is 14.0. The van der Waals surface area contributed by atoms with Crippen molar-refractivity contribution in [3.63, 3.8) is 0 Å². The van der Waals surface area contributed by atoms with Gasteiger partial charge in [-0.3, -0.25) is 9.69 Å². The van der Waals surface area contributed by atoms with Crippen LogP contribution < -0.4 is 10.5 Å². The predicted molar refractivity (Wildman–Crippen MR) is 176 cm³/mol. The number of likely N-dealkylation sites (tertiary alicyclic amines) is 1. The highest BCUT2D eigenvalue weighted by Gasteiger charge is 2.42. The van der Waals surface area contributed by atoms with E-state index in [-0.39, 0.29) is 29.9 Å². The number of sulfonamides is 1. The Bertz CT molecular complexity index is 1540. The van der Waals surface area contributed by atoms with Gasteiger partial charge >= 0.3 is 0 Å². The van der Waals surface area contributed by atoms with Gasteiger partial charge in [0.15, 0.2) is 0 Å². The molecular formula is C32H41ClN6O4S2. The molecule has 45 heavy (non-hydrogen) atoms. The third-order valence-electron chi connectivity index (χ3n) is 9.11. The molecule has 1 amide bonds. The Morgan fingerprint density at radius 1 is 0.933 bits per heavy atom. The number of benzene rings is 2. The summed E-state index contributed by atoms with van der Waals surface area (Å²) in [4.78, 5) is 18.0. The number of hydrogen-bond donors (Lipinski definition) is 1. The van der Waals surface area contributed by atoms with Crippen LogP contribution in [0.2, 0.25) is 5.02 Å². The Morgan fingerprint density at radius 3 is 2.36 bits per heavy atom. The number of ether oxygens (including phenoxy) is 1. The van der Waals surface area contributed by atoms with Gasteiger partial charge in [-0.15, -0.1) is 10.2 Å². The molecule has 10 nitrogen and oxygen atoms in total. The Kier molecular flexibility index (Phi) is 10.4. The van der Waals surface area contributed by atoms with Crippen LogP contribution in [0.3, 0.4) is 0 Å². The van der Waals surface area contributed by atoms with Crippen LogP contribution in [0.5, 0.6) is 5.75 Å². The molecule has 2 aliphatic heterocycles. The lowest BCUT2D eigenvalue weighted by atomic mass is 9.90. The van der Waals surface area contributed by atoms with Crippen LogP contribution >= 0.6 is 22.9 Å². The highest BCUT2D eigenvalue weighted by Crippen LogP contribution is 2.30. The number of aromatic nitrogens is 2. The fraction of sp³-hybridized carbons (Fsp3) is 0.531. The van der Waals surface area contributed by atoms with E-state index in [9.17, 15) is 13.2 Å². The summed E-state index contributed by atoms with van der Waals surface area (Å²) < 4.78 is 35.5. The highest BCUT2D eigenvalue weighted by atomic mass is 35.5. The molecule has 1 aromatic heterocycles. The molecular weight excluding hydrogens is 632 g/mol. The van der Waals surface area contributed by atoms with E-state index < -0.39 is 16.1 Å². The van der Waals surface area contributed by atoms with Gasteiger partial charge in [0.2, 0.25) is 15.9 Å². The molecule has 6 rings (SSSR count). The second kappa shape index (κ2) is 14.4. The number of nitrogens with zero attached hydrogens (tertiary/aromatic N) is 5. The van der Waals surface area contributed by atoms with E-state index in [1.54, 1.807) is 29.2 Å². The van der Waals surface area contributed by atoms with E-state index in [2.05, 4.69) is 15.1 Å². The maximum Gasteiger partial charge on any atom is 0.243 e. The number of carbonyl (C=O) groups is 1. The Morgan fingerprint density at radius 2 is 1.64 bits per heavy atom. The lowest BCUT2D eigenvalue weighted by molar-refractivity contribution is -0.138. The number of carbonyl (C=O) groups excluding carboxylic acids is 1. The number of amides is 1. The molecule has 3 aromatic rings. The molecule has 0 bridgehead atoms. The first-order chi connectivity index (χ1) is 21.8. The zero-order valence-corrected chi connectivity index (χ0v) is 27.8. The molecule has 1 atom stereocenters. The van der Waals surface area contributed by atoms with Crippen LogP contribution in [0.25, 0.3) is 10.6 Å². The minimum Gasteiger partial charge on any atom is -0.493 e. The SMILES string of the molecule is NC1CCN(C(=O)C2CN(Cc3nnc(-c4ccc(Cl)cc4)s3)CCN2S(=O)(=O)c2ccc(OCC3CCCCC3)cc2)CC1. The number of hydrogen-bond acceptors (Lipinski definition) is 9. The molecule has 0 radical (unpaired) electrons. The van der Waals surface area contributed by atoms with E-state index >= 15 is 0 Å². The summed E-state index contributed by atoms with van der Waals surface area (Å²) in [6.45, 7) is 3.09. The minimum absolute atomic E-state index is 0.0582. The largest absolute Gasteiger partial charge is 0.493 e. The van der Waals surface area contributed by atoms with Crippen molar-refractivity contribution < 1.29 is 17.9 Å². The molecule has 1 saturated carbocycles. The molecule has 2 aromatic carbocycles. The first-order valence-corrected chi connectivity index (χ1v) is 18.5. The van der Waals surface area contributed by atoms with Crippen molar-refractivity contribution in [3.05, 3.63) is 58.6 Å². The van der Waals surface area contributed by atoms with Crippen LogP contribution in [0, 0.1) is 5.92 Å². The lowest BCUT2D eigenvalue weighted by Crippen LogP contribution is -2.61. The van der Waals surface area contributed by atoms with Crippen LogP contribution in [-0.4, -0.2) is 90.0 Å². The monoisotopic (exact) mass is 672 g/mol. The van der Waals surface area contributed by atoms with Gasteiger partial charge < -0.3 is 15.4 Å². The normalized spacial score (nSPS) is 21.2. The molecule has 2 N–H and O–H groups in total. The number of nitrogens with two attached hydrogens (primary N) is 1. The standard InChI is InChI=1S/C32H41ClN6O4S2/c33-25-8-6-24(7-9-25)31-36-35-30(44-31)21-37-18-19-39(29(20-37)32(40)38-16-14-26(34)15-17-38)45(41,42)28-12-10-27(11-13-28)43-22-23-4-2-1-3-5-23/h6-13,23,26,29H,1-5,14-22,34H2. The average molecular weight is 673 g/mol. The third-order valence-corrected chi connectivity index (χ3v) is 12.2. The first-order valence-electron chi connectivity index (χ1n) is 15.9. The smallest absolute Gasteiger partial charge is 0.243 e. The zero-order valence-electron chi connectivity index (χ0n) is 25.4. The second-order valence-corrected chi connectivity index (χ2v) is 15.7. The quantitative estimate of drug-likeness (QED) is 0.349. The molecule has 242 valence electrons.